The molecule has 0 saturated carbocycles. The summed E-state index contributed by atoms with van der Waals surface area (Å²) in [5.41, 5.74) is 3.23. The number of aromatic nitrogens is 2. The number of carbonyl (C=O) groups is 1. The highest BCUT2D eigenvalue weighted by Crippen LogP contribution is 2.29. The predicted molar refractivity (Wildman–Crippen MR) is 96.3 cm³/mol. The van der Waals surface area contributed by atoms with Gasteiger partial charge in [0.2, 0.25) is 5.82 Å². The van der Waals surface area contributed by atoms with Crippen LogP contribution in [0.25, 0.3) is 11.3 Å². The fraction of sp³-hybridized carbons (Fsp3) is 0.211. The minimum atomic E-state index is -0.352. The average Bonchev–Trinajstić information content (AvgIpc) is 3.07. The Morgan fingerprint density at radius 1 is 1.12 bits per heavy atom. The molecule has 1 amide bonds. The zero-order chi connectivity index (χ0) is 18.5. The smallest absolute Gasteiger partial charge is 0.263 e. The minimum Gasteiger partial charge on any atom is -0.497 e. The second-order valence-electron chi connectivity index (χ2n) is 5.80. The Labute approximate surface area is 150 Å². The van der Waals surface area contributed by atoms with Crippen LogP contribution in [-0.4, -0.2) is 29.9 Å². The van der Waals surface area contributed by atoms with Crippen LogP contribution in [0.4, 0.5) is 5.82 Å². The highest BCUT2D eigenvalue weighted by Gasteiger charge is 2.17. The van der Waals surface area contributed by atoms with Crippen molar-refractivity contribution in [2.45, 2.75) is 13.8 Å². The lowest BCUT2D eigenvalue weighted by Gasteiger charge is -2.08. The molecule has 26 heavy (non-hydrogen) atoms. The number of hydrogen-bond donors (Lipinski definition) is 1. The summed E-state index contributed by atoms with van der Waals surface area (Å²) in [4.78, 5) is 12.2. The fourth-order valence-corrected chi connectivity index (χ4v) is 2.50. The molecule has 0 aliphatic rings. The van der Waals surface area contributed by atoms with Crippen LogP contribution < -0.4 is 14.8 Å². The average molecular weight is 353 g/mol. The molecule has 0 fully saturated rings. The van der Waals surface area contributed by atoms with E-state index in [9.17, 15) is 4.79 Å². The number of ether oxygens (including phenoxy) is 2. The van der Waals surface area contributed by atoms with Gasteiger partial charge in [0.15, 0.2) is 12.3 Å². The fourth-order valence-electron chi connectivity index (χ4n) is 2.50. The first-order valence-electron chi connectivity index (χ1n) is 8.03. The molecule has 3 aromatic rings. The molecule has 2 aromatic carbocycles. The molecule has 7 heteroatoms. The van der Waals surface area contributed by atoms with Crippen molar-refractivity contribution >= 4 is 11.7 Å². The van der Waals surface area contributed by atoms with E-state index in [4.69, 9.17) is 14.1 Å². The number of aryl methyl sites for hydroxylation is 2. The van der Waals surface area contributed by atoms with E-state index < -0.39 is 0 Å². The number of nitrogens with one attached hydrogen (secondary N) is 1. The third-order valence-corrected chi connectivity index (χ3v) is 3.79. The molecule has 0 aliphatic heterocycles. The molecule has 0 atom stereocenters. The lowest BCUT2D eigenvalue weighted by atomic mass is 10.1. The zero-order valence-electron chi connectivity index (χ0n) is 14.8. The van der Waals surface area contributed by atoms with Crippen molar-refractivity contribution in [1.29, 1.82) is 0 Å². The van der Waals surface area contributed by atoms with Crippen LogP contribution in [0.2, 0.25) is 0 Å². The molecule has 0 unspecified atom stereocenters. The van der Waals surface area contributed by atoms with E-state index in [2.05, 4.69) is 15.6 Å². The van der Waals surface area contributed by atoms with Gasteiger partial charge in [0.25, 0.3) is 5.91 Å². The SMILES string of the molecule is COc1ccc(-c2nonc2NC(=O)COc2cccc(C)c2)c(C)c1. The number of amides is 1. The Kier molecular flexibility index (Phi) is 5.17. The van der Waals surface area contributed by atoms with Gasteiger partial charge in [-0.3, -0.25) is 4.79 Å². The minimum absolute atomic E-state index is 0.142. The maximum absolute atomic E-state index is 12.2. The van der Waals surface area contributed by atoms with Crippen LogP contribution >= 0.6 is 0 Å². The number of benzene rings is 2. The lowest BCUT2D eigenvalue weighted by molar-refractivity contribution is -0.118. The Bertz CT molecular complexity index is 921. The summed E-state index contributed by atoms with van der Waals surface area (Å²) in [6.07, 6.45) is 0. The molecule has 1 heterocycles. The van der Waals surface area contributed by atoms with Crippen molar-refractivity contribution in [1.82, 2.24) is 10.3 Å². The maximum Gasteiger partial charge on any atom is 0.263 e. The van der Waals surface area contributed by atoms with Gasteiger partial charge < -0.3 is 14.8 Å². The van der Waals surface area contributed by atoms with Gasteiger partial charge in [-0.1, -0.05) is 12.1 Å². The van der Waals surface area contributed by atoms with E-state index in [0.717, 1.165) is 22.4 Å². The van der Waals surface area contributed by atoms with Crippen LogP contribution in [0.1, 0.15) is 11.1 Å². The van der Waals surface area contributed by atoms with Crippen LogP contribution in [0.3, 0.4) is 0 Å². The van der Waals surface area contributed by atoms with Gasteiger partial charge in [0.05, 0.1) is 7.11 Å². The quantitative estimate of drug-likeness (QED) is 0.731. The Hall–Kier alpha value is -3.35. The number of anilines is 1. The number of rotatable bonds is 6. The summed E-state index contributed by atoms with van der Waals surface area (Å²) >= 11 is 0. The molecule has 134 valence electrons. The summed E-state index contributed by atoms with van der Waals surface area (Å²) in [6, 6.07) is 13.0. The van der Waals surface area contributed by atoms with Crippen molar-refractivity contribution in [2.24, 2.45) is 0 Å². The van der Waals surface area contributed by atoms with Crippen molar-refractivity contribution in [3.05, 3.63) is 53.6 Å². The first-order valence-corrected chi connectivity index (χ1v) is 8.03. The molecule has 0 saturated heterocycles. The van der Waals surface area contributed by atoms with E-state index in [1.807, 2.05) is 50.2 Å². The Balaban J connectivity index is 1.69. The predicted octanol–water partition coefficient (Wildman–Crippen LogP) is 3.38. The number of methoxy groups -OCH3 is 1. The van der Waals surface area contributed by atoms with Crippen molar-refractivity contribution in [2.75, 3.05) is 19.0 Å². The Morgan fingerprint density at radius 2 is 1.96 bits per heavy atom. The molecular formula is C19H19N3O4. The van der Waals surface area contributed by atoms with E-state index in [1.54, 1.807) is 13.2 Å². The van der Waals surface area contributed by atoms with Gasteiger partial charge in [0, 0.05) is 5.56 Å². The maximum atomic E-state index is 12.2. The third-order valence-electron chi connectivity index (χ3n) is 3.79. The highest BCUT2D eigenvalue weighted by molar-refractivity contribution is 5.94. The first-order chi connectivity index (χ1) is 12.6. The summed E-state index contributed by atoms with van der Waals surface area (Å²) in [6.45, 7) is 3.73. The van der Waals surface area contributed by atoms with E-state index in [1.165, 1.54) is 0 Å². The summed E-state index contributed by atoms with van der Waals surface area (Å²) < 4.78 is 15.5. The second kappa shape index (κ2) is 7.69. The molecule has 0 aliphatic carbocycles. The molecule has 0 spiro atoms. The highest BCUT2D eigenvalue weighted by atomic mass is 16.6. The molecule has 3 rings (SSSR count). The van der Waals surface area contributed by atoms with Crippen LogP contribution in [0, 0.1) is 13.8 Å². The van der Waals surface area contributed by atoms with Gasteiger partial charge in [-0.15, -0.1) is 0 Å². The van der Waals surface area contributed by atoms with Gasteiger partial charge in [-0.05, 0) is 65.6 Å². The third kappa shape index (κ3) is 4.00. The molecular weight excluding hydrogens is 334 g/mol. The van der Waals surface area contributed by atoms with E-state index in [0.29, 0.717) is 11.4 Å². The largest absolute Gasteiger partial charge is 0.497 e. The summed E-state index contributed by atoms with van der Waals surface area (Å²) in [7, 11) is 1.60. The van der Waals surface area contributed by atoms with Crippen LogP contribution in [-0.2, 0) is 4.79 Å². The topological polar surface area (TPSA) is 86.5 Å². The second-order valence-corrected chi connectivity index (χ2v) is 5.80. The summed E-state index contributed by atoms with van der Waals surface area (Å²) in [5.74, 6) is 1.26. The number of hydrogen-bond acceptors (Lipinski definition) is 6. The van der Waals surface area contributed by atoms with Crippen molar-refractivity contribution in [3.8, 4) is 22.8 Å². The lowest BCUT2D eigenvalue weighted by Crippen LogP contribution is -2.20. The van der Waals surface area contributed by atoms with Crippen molar-refractivity contribution in [3.63, 3.8) is 0 Å². The van der Waals surface area contributed by atoms with Crippen LogP contribution in [0.15, 0.2) is 47.1 Å². The van der Waals surface area contributed by atoms with Gasteiger partial charge in [-0.2, -0.15) is 0 Å². The van der Waals surface area contributed by atoms with Crippen LogP contribution in [0.5, 0.6) is 11.5 Å². The van der Waals surface area contributed by atoms with Gasteiger partial charge in [0.1, 0.15) is 11.5 Å². The molecule has 7 nitrogen and oxygen atoms in total. The van der Waals surface area contributed by atoms with E-state index in [-0.39, 0.29) is 18.3 Å². The molecule has 0 radical (unpaired) electrons. The van der Waals surface area contributed by atoms with Gasteiger partial charge in [-0.25, -0.2) is 4.63 Å². The van der Waals surface area contributed by atoms with E-state index >= 15 is 0 Å². The first kappa shape index (κ1) is 17.5. The zero-order valence-corrected chi connectivity index (χ0v) is 14.8. The van der Waals surface area contributed by atoms with Gasteiger partial charge >= 0.3 is 0 Å². The molecule has 1 aromatic heterocycles. The molecule has 0 bridgehead atoms. The normalized spacial score (nSPS) is 10.4. The molecule has 1 N–H and O–H groups in total. The monoisotopic (exact) mass is 353 g/mol. The number of carbonyl (C=O) groups excluding carboxylic acids is 1. The standard InChI is InChI=1S/C19H19N3O4/c1-12-5-4-6-15(9-12)25-11-17(23)20-19-18(21-26-22-19)16-8-7-14(24-3)10-13(16)2/h4-10H,11H2,1-3H3,(H,20,22,23). The Morgan fingerprint density at radius 3 is 2.69 bits per heavy atom. The van der Waals surface area contributed by atoms with Crippen molar-refractivity contribution < 1.29 is 18.9 Å². The summed E-state index contributed by atoms with van der Waals surface area (Å²) in [5, 5.41) is 10.4. The number of nitrogens with zero attached hydrogens (tertiary/aromatic N) is 2.